The summed E-state index contributed by atoms with van der Waals surface area (Å²) in [6.07, 6.45) is 16.9. The molecule has 0 aromatic rings. The monoisotopic (exact) mass is 414 g/mol. The summed E-state index contributed by atoms with van der Waals surface area (Å²) in [7, 11) is 3.22. The van der Waals surface area contributed by atoms with Gasteiger partial charge in [-0.2, -0.15) is 0 Å². The van der Waals surface area contributed by atoms with Gasteiger partial charge in [0, 0.05) is 54.3 Å². The van der Waals surface area contributed by atoms with Crippen LogP contribution in [0.15, 0.2) is 72.2 Å². The molecular formula is C20H24N2NiO4. The smallest absolute Gasteiger partial charge is 0.187 e. The van der Waals surface area contributed by atoms with Gasteiger partial charge in [0.05, 0.1) is 25.3 Å². The van der Waals surface area contributed by atoms with Gasteiger partial charge in [0.2, 0.25) is 0 Å². The molecule has 6 nitrogen and oxygen atoms in total. The number of methoxy groups -OCH3 is 2. The topological polar surface area (TPSA) is 76.7 Å². The second kappa shape index (κ2) is 12.2. The predicted molar refractivity (Wildman–Crippen MR) is 100 cm³/mol. The first-order valence-corrected chi connectivity index (χ1v) is 8.34. The number of allylic oxidation sites excluding steroid dienone is 10. The van der Waals surface area contributed by atoms with E-state index in [-0.39, 0.29) is 40.1 Å². The van der Waals surface area contributed by atoms with Gasteiger partial charge in [0.1, 0.15) is 0 Å². The summed E-state index contributed by atoms with van der Waals surface area (Å²) < 4.78 is 10.6. The summed E-state index contributed by atoms with van der Waals surface area (Å²) >= 11 is 0. The second-order valence-corrected chi connectivity index (χ2v) is 5.82. The van der Waals surface area contributed by atoms with Gasteiger partial charge in [0.15, 0.2) is 11.6 Å². The molecule has 2 atom stereocenters. The van der Waals surface area contributed by atoms with Crippen LogP contribution < -0.4 is 10.6 Å². The molecule has 27 heavy (non-hydrogen) atoms. The largest absolute Gasteiger partial charge is 0.383 e. The molecule has 7 heteroatoms. The summed E-state index contributed by atoms with van der Waals surface area (Å²) in [5.74, 6) is -0.112. The molecule has 2 aliphatic rings. The molecule has 0 radical (unpaired) electrons. The average Bonchev–Trinajstić information content (AvgIpc) is 2.64. The van der Waals surface area contributed by atoms with E-state index in [9.17, 15) is 9.59 Å². The molecule has 0 aromatic carbocycles. The molecule has 0 heterocycles. The summed E-state index contributed by atoms with van der Waals surface area (Å²) in [6.45, 7) is 0.789. The molecule has 0 spiro atoms. The summed E-state index contributed by atoms with van der Waals surface area (Å²) in [5.41, 5.74) is 1.14. The summed E-state index contributed by atoms with van der Waals surface area (Å²) in [6, 6.07) is -0.343. The van der Waals surface area contributed by atoms with Gasteiger partial charge in [-0.15, -0.1) is 0 Å². The van der Waals surface area contributed by atoms with Crippen molar-refractivity contribution in [3.8, 4) is 0 Å². The van der Waals surface area contributed by atoms with Crippen LogP contribution in [-0.2, 0) is 35.6 Å². The van der Waals surface area contributed by atoms with E-state index >= 15 is 0 Å². The zero-order valence-electron chi connectivity index (χ0n) is 15.3. The first-order valence-electron chi connectivity index (χ1n) is 8.34. The van der Waals surface area contributed by atoms with E-state index in [1.54, 1.807) is 50.9 Å². The average molecular weight is 415 g/mol. The zero-order chi connectivity index (χ0) is 18.8. The number of hydrogen-bond donors (Lipinski definition) is 2. The SMILES string of the molecule is COC[C@@H](N/C=C1/C=CC=CC1=O)[C@@H](COC)N/C=C1/C=CC=CC1=O.[Ni]. The zero-order valence-corrected chi connectivity index (χ0v) is 16.3. The van der Waals surface area contributed by atoms with Crippen molar-refractivity contribution in [2.24, 2.45) is 0 Å². The van der Waals surface area contributed by atoms with Crippen LogP contribution >= 0.6 is 0 Å². The molecule has 0 amide bonds. The normalized spacial score (nSPS) is 20.7. The van der Waals surface area contributed by atoms with Crippen LogP contribution in [0, 0.1) is 0 Å². The van der Waals surface area contributed by atoms with Crippen LogP contribution in [0.2, 0.25) is 0 Å². The van der Waals surface area contributed by atoms with Crippen molar-refractivity contribution in [2.45, 2.75) is 12.1 Å². The van der Waals surface area contributed by atoms with Gasteiger partial charge in [-0.05, 0) is 24.3 Å². The fraction of sp³-hybridized carbons (Fsp3) is 0.300. The van der Waals surface area contributed by atoms with Crippen molar-refractivity contribution in [1.82, 2.24) is 10.6 Å². The van der Waals surface area contributed by atoms with Crippen LogP contribution in [0.5, 0.6) is 0 Å². The van der Waals surface area contributed by atoms with Gasteiger partial charge in [0.25, 0.3) is 0 Å². The Bertz CT molecular complexity index is 645. The van der Waals surface area contributed by atoms with Gasteiger partial charge in [-0.3, -0.25) is 9.59 Å². The van der Waals surface area contributed by atoms with Gasteiger partial charge < -0.3 is 20.1 Å². The number of rotatable bonds is 9. The second-order valence-electron chi connectivity index (χ2n) is 5.82. The van der Waals surface area contributed by atoms with Crippen LogP contribution in [0.4, 0.5) is 0 Å². The first-order chi connectivity index (χ1) is 12.7. The van der Waals surface area contributed by atoms with Crippen LogP contribution in [-0.4, -0.2) is 51.1 Å². The van der Waals surface area contributed by atoms with E-state index in [2.05, 4.69) is 10.6 Å². The molecule has 2 rings (SSSR count). The number of nitrogens with one attached hydrogen (secondary N) is 2. The molecule has 148 valence electrons. The molecule has 0 fully saturated rings. The van der Waals surface area contributed by atoms with Gasteiger partial charge >= 0.3 is 0 Å². The first kappa shape index (κ1) is 22.8. The summed E-state index contributed by atoms with van der Waals surface area (Å²) in [5, 5.41) is 6.45. The Morgan fingerprint density at radius 3 is 1.48 bits per heavy atom. The predicted octanol–water partition coefficient (Wildman–Crippen LogP) is 1.35. The van der Waals surface area contributed by atoms with E-state index in [1.807, 2.05) is 12.2 Å². The van der Waals surface area contributed by atoms with E-state index in [1.165, 1.54) is 12.2 Å². The molecule has 0 saturated carbocycles. The maximum Gasteiger partial charge on any atom is 0.187 e. The third-order valence-electron chi connectivity index (χ3n) is 3.92. The van der Waals surface area contributed by atoms with Crippen molar-refractivity contribution in [3.05, 3.63) is 72.2 Å². The fourth-order valence-electron chi connectivity index (χ4n) is 2.51. The molecule has 0 saturated heterocycles. The minimum absolute atomic E-state index is 0. The standard InChI is InChI=1S/C20H24N2O4.Ni/c1-25-13-17(21-11-15-7-3-5-9-19(15)23)18(14-26-2)22-12-16-8-4-6-10-20(16)24;/h3-12,17-18,21-22H,13-14H2,1-2H3;/b15-11-,16-12-;/t17-,18-;/m1./s1. The minimum atomic E-state index is -0.172. The van der Waals surface area contributed by atoms with E-state index in [0.29, 0.717) is 24.4 Å². The Kier molecular flexibility index (Phi) is 10.3. The molecule has 0 aromatic heterocycles. The van der Waals surface area contributed by atoms with Crippen molar-refractivity contribution < 1.29 is 35.6 Å². The van der Waals surface area contributed by atoms with E-state index in [4.69, 9.17) is 9.47 Å². The molecular weight excluding hydrogens is 391 g/mol. The Balaban J connectivity index is 0.00000364. The number of ether oxygens (including phenoxy) is 2. The molecule has 2 aliphatic carbocycles. The maximum atomic E-state index is 11.8. The molecule has 2 N–H and O–H groups in total. The Hall–Kier alpha value is -2.21. The van der Waals surface area contributed by atoms with E-state index in [0.717, 1.165) is 0 Å². The Labute approximate surface area is 169 Å². The maximum absolute atomic E-state index is 11.8. The van der Waals surface area contributed by atoms with Crippen LogP contribution in [0.1, 0.15) is 0 Å². The molecule has 0 aliphatic heterocycles. The van der Waals surface area contributed by atoms with E-state index < -0.39 is 0 Å². The third-order valence-corrected chi connectivity index (χ3v) is 3.92. The van der Waals surface area contributed by atoms with Crippen LogP contribution in [0.25, 0.3) is 0 Å². The third kappa shape index (κ3) is 7.14. The number of hydrogen-bond acceptors (Lipinski definition) is 6. The number of ketones is 2. The molecule has 0 bridgehead atoms. The van der Waals surface area contributed by atoms with Gasteiger partial charge in [-0.25, -0.2) is 0 Å². The Morgan fingerprint density at radius 2 is 1.15 bits per heavy atom. The van der Waals surface area contributed by atoms with Crippen molar-refractivity contribution in [3.63, 3.8) is 0 Å². The minimum Gasteiger partial charge on any atom is -0.383 e. The number of carbonyl (C=O) groups excluding carboxylic acids is 2. The van der Waals surface area contributed by atoms with Crippen molar-refractivity contribution in [1.29, 1.82) is 0 Å². The quantitative estimate of drug-likeness (QED) is 0.438. The van der Waals surface area contributed by atoms with Crippen molar-refractivity contribution in [2.75, 3.05) is 27.4 Å². The van der Waals surface area contributed by atoms with Crippen LogP contribution in [0.3, 0.4) is 0 Å². The summed E-state index contributed by atoms with van der Waals surface area (Å²) in [4.78, 5) is 23.7. The number of carbonyl (C=O) groups is 2. The van der Waals surface area contributed by atoms with Gasteiger partial charge in [-0.1, -0.05) is 24.3 Å². The van der Waals surface area contributed by atoms with Crippen molar-refractivity contribution >= 4 is 11.6 Å². The Morgan fingerprint density at radius 1 is 0.778 bits per heavy atom. The fourth-order valence-corrected chi connectivity index (χ4v) is 2.51. The molecule has 0 unspecified atom stereocenters.